The predicted molar refractivity (Wildman–Crippen MR) is 151 cm³/mol. The number of benzene rings is 1. The van der Waals surface area contributed by atoms with Gasteiger partial charge < -0.3 is 20.4 Å². The Hall–Kier alpha value is -2.64. The lowest BCUT2D eigenvalue weighted by atomic mass is 9.76. The molecule has 0 saturated carbocycles. The molecule has 1 aromatic rings. The molecule has 1 aromatic carbocycles. The smallest absolute Gasteiger partial charge is 0.245 e. The summed E-state index contributed by atoms with van der Waals surface area (Å²) < 4.78 is 0. The highest BCUT2D eigenvalue weighted by Gasteiger charge is 2.41. The number of carbonyl (C=O) groups is 2. The summed E-state index contributed by atoms with van der Waals surface area (Å²) >= 11 is 0. The van der Waals surface area contributed by atoms with Gasteiger partial charge in [-0.3, -0.25) is 9.59 Å². The van der Waals surface area contributed by atoms with Crippen LogP contribution in [0.3, 0.4) is 0 Å². The topological polar surface area (TPSA) is 79.9 Å². The van der Waals surface area contributed by atoms with E-state index in [1.54, 1.807) is 25.1 Å². The van der Waals surface area contributed by atoms with Crippen LogP contribution >= 0.6 is 0 Å². The molecule has 0 aromatic heterocycles. The highest BCUT2D eigenvalue weighted by molar-refractivity contribution is 5.91. The molecule has 7 heteroatoms. The average Bonchev–Trinajstić information content (AvgIpc) is 2.82. The van der Waals surface area contributed by atoms with Crippen molar-refractivity contribution in [2.24, 2.45) is 11.3 Å². The van der Waals surface area contributed by atoms with Gasteiger partial charge in [0, 0.05) is 12.5 Å². The fraction of sp³-hybridized carbons (Fsp3) is 0.600. The third kappa shape index (κ3) is 9.31. The molecule has 0 unspecified atom stereocenters. The van der Waals surface area contributed by atoms with E-state index in [-0.39, 0.29) is 23.8 Å². The van der Waals surface area contributed by atoms with Gasteiger partial charge in [-0.15, -0.1) is 0 Å². The summed E-state index contributed by atoms with van der Waals surface area (Å²) in [6.45, 7) is 18.4. The van der Waals surface area contributed by atoms with E-state index in [2.05, 4.69) is 24.5 Å². The SMILES string of the molecule is CCOOC=CC(C)=C[C@H](C(C)C)N(C)C(=O)[C@@H](NC(=O)[C@@H](NC)C(C)(C)c1ccccc1)C(C)(C)C. The van der Waals surface area contributed by atoms with Crippen molar-refractivity contribution in [2.45, 2.75) is 85.9 Å². The van der Waals surface area contributed by atoms with Gasteiger partial charge >= 0.3 is 0 Å². The van der Waals surface area contributed by atoms with Gasteiger partial charge in [-0.05, 0) is 49.4 Å². The van der Waals surface area contributed by atoms with Crippen LogP contribution in [0.15, 0.2) is 54.3 Å². The Bertz CT molecular complexity index is 917. The summed E-state index contributed by atoms with van der Waals surface area (Å²) in [5.74, 6) is -0.184. The Balaban J connectivity index is 3.22. The summed E-state index contributed by atoms with van der Waals surface area (Å²) in [4.78, 5) is 39.1. The minimum atomic E-state index is -0.709. The number of hydrogen-bond donors (Lipinski definition) is 2. The Morgan fingerprint density at radius 3 is 2.14 bits per heavy atom. The van der Waals surface area contributed by atoms with E-state index >= 15 is 0 Å². The second-order valence-corrected chi connectivity index (χ2v) is 11.5. The maximum Gasteiger partial charge on any atom is 0.245 e. The van der Waals surface area contributed by atoms with Crippen molar-refractivity contribution in [3.8, 4) is 0 Å². The molecule has 0 fully saturated rings. The lowest BCUT2D eigenvalue weighted by Gasteiger charge is -2.40. The lowest BCUT2D eigenvalue weighted by molar-refractivity contribution is -0.244. The minimum absolute atomic E-state index is 0.134. The van der Waals surface area contributed by atoms with Crippen molar-refractivity contribution in [2.75, 3.05) is 20.7 Å². The minimum Gasteiger partial charge on any atom is -0.346 e. The molecule has 0 saturated heterocycles. The average molecular weight is 516 g/mol. The molecule has 37 heavy (non-hydrogen) atoms. The van der Waals surface area contributed by atoms with E-state index in [0.29, 0.717) is 6.61 Å². The zero-order valence-corrected chi connectivity index (χ0v) is 24.7. The van der Waals surface area contributed by atoms with E-state index in [0.717, 1.165) is 11.1 Å². The highest BCUT2D eigenvalue weighted by Crippen LogP contribution is 2.29. The van der Waals surface area contributed by atoms with Gasteiger partial charge in [-0.25, -0.2) is 0 Å². The van der Waals surface area contributed by atoms with Crippen LogP contribution in [0.5, 0.6) is 0 Å². The van der Waals surface area contributed by atoms with Gasteiger partial charge in [0.25, 0.3) is 0 Å². The Kier molecular flexibility index (Phi) is 12.6. The Morgan fingerprint density at radius 2 is 1.65 bits per heavy atom. The van der Waals surface area contributed by atoms with Crippen LogP contribution in [0.1, 0.15) is 67.9 Å². The quantitative estimate of drug-likeness (QED) is 0.127. The van der Waals surface area contributed by atoms with Crippen molar-refractivity contribution >= 4 is 11.8 Å². The van der Waals surface area contributed by atoms with Crippen molar-refractivity contribution < 1.29 is 19.4 Å². The fourth-order valence-corrected chi connectivity index (χ4v) is 4.40. The van der Waals surface area contributed by atoms with Crippen LogP contribution in [0.25, 0.3) is 0 Å². The van der Waals surface area contributed by atoms with Crippen molar-refractivity contribution in [1.29, 1.82) is 0 Å². The molecule has 0 spiro atoms. The number of hydrogen-bond acceptors (Lipinski definition) is 5. The van der Waals surface area contributed by atoms with E-state index in [1.807, 2.05) is 84.9 Å². The van der Waals surface area contributed by atoms with Crippen LogP contribution in [0.4, 0.5) is 0 Å². The van der Waals surface area contributed by atoms with Crippen molar-refractivity contribution in [3.63, 3.8) is 0 Å². The summed E-state index contributed by atoms with van der Waals surface area (Å²) in [6.07, 6.45) is 5.32. The lowest BCUT2D eigenvalue weighted by Crippen LogP contribution is -2.61. The first kappa shape index (κ1) is 32.4. The van der Waals surface area contributed by atoms with Crippen LogP contribution < -0.4 is 10.6 Å². The monoisotopic (exact) mass is 515 g/mol. The van der Waals surface area contributed by atoms with Crippen molar-refractivity contribution in [3.05, 3.63) is 59.9 Å². The van der Waals surface area contributed by atoms with Crippen LogP contribution in [-0.4, -0.2) is 55.5 Å². The largest absolute Gasteiger partial charge is 0.346 e. The number of nitrogens with zero attached hydrogens (tertiary/aromatic N) is 1. The molecule has 0 heterocycles. The van der Waals surface area contributed by atoms with E-state index in [1.165, 1.54) is 6.26 Å². The Labute approximate surface area is 224 Å². The maximum absolute atomic E-state index is 13.9. The van der Waals surface area contributed by atoms with Crippen LogP contribution in [-0.2, 0) is 24.8 Å². The van der Waals surface area contributed by atoms with Gasteiger partial charge in [0.1, 0.15) is 12.3 Å². The van der Waals surface area contributed by atoms with Gasteiger partial charge in [0.2, 0.25) is 11.8 Å². The molecule has 0 aliphatic rings. The molecule has 1 rings (SSSR count). The molecule has 0 radical (unpaired) electrons. The highest BCUT2D eigenvalue weighted by atomic mass is 17.2. The molecule has 3 atom stereocenters. The van der Waals surface area contributed by atoms with Gasteiger partial charge in [-0.1, -0.05) is 84.9 Å². The standard InChI is InChI=1S/C30H49N3O4/c1-12-36-37-19-18-22(4)20-24(21(2)3)33(11)28(35)26(29(5,6)7)32-27(34)25(31-10)30(8,9)23-16-14-13-15-17-23/h13-21,24-26,31H,12H2,1-11H3,(H,32,34)/t24-,25-,26-/m1/s1. The summed E-state index contributed by atoms with van der Waals surface area (Å²) in [5.41, 5.74) is 0.992. The molecule has 0 aliphatic heterocycles. The molecule has 2 amide bonds. The number of nitrogens with one attached hydrogen (secondary N) is 2. The van der Waals surface area contributed by atoms with E-state index in [9.17, 15) is 9.59 Å². The third-order valence-electron chi connectivity index (χ3n) is 6.67. The zero-order valence-electron chi connectivity index (χ0n) is 24.7. The number of rotatable bonds is 13. The number of allylic oxidation sites excluding steroid dienone is 2. The Morgan fingerprint density at radius 1 is 1.05 bits per heavy atom. The second kappa shape index (κ2) is 14.3. The summed E-state index contributed by atoms with van der Waals surface area (Å²) in [7, 11) is 3.58. The molecule has 0 bridgehead atoms. The molecule has 7 nitrogen and oxygen atoms in total. The molecular weight excluding hydrogens is 466 g/mol. The first-order valence-corrected chi connectivity index (χ1v) is 13.1. The third-order valence-corrected chi connectivity index (χ3v) is 6.67. The maximum atomic E-state index is 13.9. The first-order chi connectivity index (χ1) is 17.2. The predicted octanol–water partition coefficient (Wildman–Crippen LogP) is 4.99. The van der Waals surface area contributed by atoms with E-state index in [4.69, 9.17) is 9.78 Å². The van der Waals surface area contributed by atoms with Gasteiger partial charge in [-0.2, -0.15) is 4.89 Å². The fourth-order valence-electron chi connectivity index (χ4n) is 4.40. The van der Waals surface area contributed by atoms with Gasteiger partial charge in [0.05, 0.1) is 18.7 Å². The van der Waals surface area contributed by atoms with Gasteiger partial charge in [0.15, 0.2) is 0 Å². The zero-order chi connectivity index (χ0) is 28.4. The molecule has 2 N–H and O–H groups in total. The summed E-state index contributed by atoms with van der Waals surface area (Å²) in [5, 5.41) is 6.28. The van der Waals surface area contributed by atoms with Crippen LogP contribution in [0, 0.1) is 11.3 Å². The van der Waals surface area contributed by atoms with Crippen LogP contribution in [0.2, 0.25) is 0 Å². The molecular formula is C30H49N3O4. The summed E-state index contributed by atoms with van der Waals surface area (Å²) in [6, 6.07) is 8.53. The second-order valence-electron chi connectivity index (χ2n) is 11.5. The number of likely N-dealkylation sites (N-methyl/N-ethyl adjacent to an activating group) is 2. The van der Waals surface area contributed by atoms with E-state index < -0.39 is 22.9 Å². The number of carbonyl (C=O) groups excluding carboxylic acids is 2. The number of amides is 2. The van der Waals surface area contributed by atoms with Crippen molar-refractivity contribution in [1.82, 2.24) is 15.5 Å². The molecule has 208 valence electrons. The first-order valence-electron chi connectivity index (χ1n) is 13.1. The molecule has 0 aliphatic carbocycles. The normalized spacial score (nSPS) is 15.4.